The van der Waals surface area contributed by atoms with E-state index in [1.165, 1.54) is 0 Å². The van der Waals surface area contributed by atoms with Crippen LogP contribution < -0.4 is 4.72 Å². The molecular weight excluding hydrogens is 348 g/mol. The van der Waals surface area contributed by atoms with Gasteiger partial charge in [-0.15, -0.1) is 0 Å². The van der Waals surface area contributed by atoms with Gasteiger partial charge in [-0.25, -0.2) is 18.1 Å². The van der Waals surface area contributed by atoms with Crippen molar-refractivity contribution in [1.29, 1.82) is 0 Å². The fourth-order valence-electron chi connectivity index (χ4n) is 2.85. The first kappa shape index (κ1) is 18.4. The molecule has 0 amide bonds. The quantitative estimate of drug-likeness (QED) is 0.716. The Kier molecular flexibility index (Phi) is 5.25. The summed E-state index contributed by atoms with van der Waals surface area (Å²) in [7, 11) is -3.54. The summed E-state index contributed by atoms with van der Waals surface area (Å²) in [4.78, 5) is 4.81. The van der Waals surface area contributed by atoms with Crippen molar-refractivity contribution < 1.29 is 12.8 Å². The number of rotatable bonds is 6. The smallest absolute Gasteiger partial charge is 0.240 e. The third-order valence-electron chi connectivity index (χ3n) is 4.19. The number of aromatic nitrogens is 1. The van der Waals surface area contributed by atoms with Gasteiger partial charge in [0.2, 0.25) is 15.9 Å². The van der Waals surface area contributed by atoms with Gasteiger partial charge in [0.05, 0.1) is 10.6 Å². The van der Waals surface area contributed by atoms with Crippen LogP contribution in [0.1, 0.15) is 22.6 Å². The van der Waals surface area contributed by atoms with Crippen LogP contribution in [0, 0.1) is 20.8 Å². The van der Waals surface area contributed by atoms with Gasteiger partial charge in [0.15, 0.2) is 0 Å². The number of sulfonamides is 1. The summed E-state index contributed by atoms with van der Waals surface area (Å²) < 4.78 is 33.4. The van der Waals surface area contributed by atoms with Gasteiger partial charge in [-0.1, -0.05) is 35.9 Å². The minimum atomic E-state index is -3.54. The lowest BCUT2D eigenvalue weighted by Crippen LogP contribution is -2.26. The van der Waals surface area contributed by atoms with Crippen molar-refractivity contribution in [3.8, 4) is 11.5 Å². The third kappa shape index (κ3) is 4.03. The number of nitrogens with zero attached hydrogens (tertiary/aromatic N) is 1. The normalized spacial score (nSPS) is 11.7. The van der Waals surface area contributed by atoms with E-state index in [1.54, 1.807) is 19.1 Å². The van der Waals surface area contributed by atoms with Crippen molar-refractivity contribution >= 4 is 10.0 Å². The minimum absolute atomic E-state index is 0.261. The second-order valence-corrected chi connectivity index (χ2v) is 8.04. The monoisotopic (exact) mass is 370 g/mol. The Labute approximate surface area is 154 Å². The molecular formula is C20H22N2O3S. The molecule has 3 rings (SSSR count). The Morgan fingerprint density at radius 2 is 1.77 bits per heavy atom. The van der Waals surface area contributed by atoms with E-state index in [2.05, 4.69) is 9.71 Å². The first-order valence-electron chi connectivity index (χ1n) is 8.45. The molecule has 0 aliphatic rings. The van der Waals surface area contributed by atoms with E-state index in [1.807, 2.05) is 50.2 Å². The summed E-state index contributed by atoms with van der Waals surface area (Å²) in [6, 6.07) is 14.9. The standard InChI is InChI=1S/C20H22N2O3S/c1-14-9-10-19(15(2)13-14)26(23,24)21-12-11-18-16(3)25-20(22-18)17-7-5-4-6-8-17/h4-10,13,21H,11-12H2,1-3H3. The molecule has 0 fully saturated rings. The molecule has 0 aliphatic carbocycles. The van der Waals surface area contributed by atoms with Crippen LogP contribution in [-0.4, -0.2) is 19.9 Å². The molecule has 1 heterocycles. The van der Waals surface area contributed by atoms with Crippen molar-refractivity contribution in [2.75, 3.05) is 6.54 Å². The predicted octanol–water partition coefficient (Wildman–Crippen LogP) is 3.79. The van der Waals surface area contributed by atoms with Crippen LogP contribution in [0.4, 0.5) is 0 Å². The van der Waals surface area contributed by atoms with Crippen LogP contribution >= 0.6 is 0 Å². The molecule has 26 heavy (non-hydrogen) atoms. The van der Waals surface area contributed by atoms with Crippen LogP contribution in [0.15, 0.2) is 57.8 Å². The van der Waals surface area contributed by atoms with E-state index in [4.69, 9.17) is 4.42 Å². The number of hydrogen-bond donors (Lipinski definition) is 1. The van der Waals surface area contributed by atoms with Crippen LogP contribution in [0.25, 0.3) is 11.5 Å². The summed E-state index contributed by atoms with van der Waals surface area (Å²) in [5, 5.41) is 0. The van der Waals surface area contributed by atoms with Crippen molar-refractivity contribution in [1.82, 2.24) is 9.71 Å². The maximum absolute atomic E-state index is 12.5. The average molecular weight is 370 g/mol. The molecule has 5 nitrogen and oxygen atoms in total. The summed E-state index contributed by atoms with van der Waals surface area (Å²) in [5.41, 5.74) is 3.43. The van der Waals surface area contributed by atoms with Gasteiger partial charge in [-0.05, 0) is 44.5 Å². The lowest BCUT2D eigenvalue weighted by Gasteiger charge is -2.09. The first-order chi connectivity index (χ1) is 12.4. The molecule has 0 saturated carbocycles. The molecule has 0 aliphatic heterocycles. The largest absolute Gasteiger partial charge is 0.441 e. The number of nitrogens with one attached hydrogen (secondary N) is 1. The molecule has 0 radical (unpaired) electrons. The lowest BCUT2D eigenvalue weighted by atomic mass is 10.2. The molecule has 1 N–H and O–H groups in total. The van der Waals surface area contributed by atoms with Gasteiger partial charge >= 0.3 is 0 Å². The molecule has 0 unspecified atom stereocenters. The van der Waals surface area contributed by atoms with E-state index >= 15 is 0 Å². The Morgan fingerprint density at radius 3 is 2.46 bits per heavy atom. The van der Waals surface area contributed by atoms with Gasteiger partial charge in [-0.2, -0.15) is 0 Å². The Balaban J connectivity index is 1.69. The molecule has 1 aromatic heterocycles. The minimum Gasteiger partial charge on any atom is -0.441 e. The fourth-order valence-corrected chi connectivity index (χ4v) is 4.10. The lowest BCUT2D eigenvalue weighted by molar-refractivity contribution is 0.538. The second-order valence-electron chi connectivity index (χ2n) is 6.30. The third-order valence-corrected chi connectivity index (χ3v) is 5.81. The van der Waals surface area contributed by atoms with Gasteiger partial charge in [0, 0.05) is 18.5 Å². The Hall–Kier alpha value is -2.44. The summed E-state index contributed by atoms with van der Waals surface area (Å²) >= 11 is 0. The highest BCUT2D eigenvalue weighted by atomic mass is 32.2. The van der Waals surface area contributed by atoms with Crippen LogP contribution in [0.2, 0.25) is 0 Å². The fraction of sp³-hybridized carbons (Fsp3) is 0.250. The highest BCUT2D eigenvalue weighted by molar-refractivity contribution is 7.89. The van der Waals surface area contributed by atoms with E-state index < -0.39 is 10.0 Å². The second kappa shape index (κ2) is 7.43. The zero-order valence-electron chi connectivity index (χ0n) is 15.1. The molecule has 0 spiro atoms. The highest BCUT2D eigenvalue weighted by Gasteiger charge is 2.17. The van der Waals surface area contributed by atoms with E-state index in [-0.39, 0.29) is 6.54 Å². The highest BCUT2D eigenvalue weighted by Crippen LogP contribution is 2.22. The molecule has 2 aromatic carbocycles. The van der Waals surface area contributed by atoms with Crippen molar-refractivity contribution in [2.24, 2.45) is 0 Å². The zero-order chi connectivity index (χ0) is 18.7. The SMILES string of the molecule is Cc1ccc(S(=O)(=O)NCCc2nc(-c3ccccc3)oc2C)c(C)c1. The molecule has 0 saturated heterocycles. The predicted molar refractivity (Wildman–Crippen MR) is 101 cm³/mol. The van der Waals surface area contributed by atoms with Crippen molar-refractivity contribution in [3.63, 3.8) is 0 Å². The van der Waals surface area contributed by atoms with E-state index in [0.29, 0.717) is 23.0 Å². The molecule has 6 heteroatoms. The molecule has 3 aromatic rings. The average Bonchev–Trinajstić information content (AvgIpc) is 2.96. The van der Waals surface area contributed by atoms with Crippen LogP contribution in [0.5, 0.6) is 0 Å². The van der Waals surface area contributed by atoms with Gasteiger partial charge < -0.3 is 4.42 Å². The van der Waals surface area contributed by atoms with Gasteiger partial charge in [0.25, 0.3) is 0 Å². The van der Waals surface area contributed by atoms with Crippen molar-refractivity contribution in [3.05, 3.63) is 71.1 Å². The topological polar surface area (TPSA) is 72.2 Å². The molecule has 0 atom stereocenters. The Morgan fingerprint density at radius 1 is 1.04 bits per heavy atom. The number of hydrogen-bond acceptors (Lipinski definition) is 4. The summed E-state index contributed by atoms with van der Waals surface area (Å²) in [5.74, 6) is 1.25. The summed E-state index contributed by atoms with van der Waals surface area (Å²) in [6.07, 6.45) is 0.465. The number of oxazole rings is 1. The van der Waals surface area contributed by atoms with E-state index in [0.717, 1.165) is 22.4 Å². The number of benzene rings is 2. The maximum Gasteiger partial charge on any atom is 0.240 e. The first-order valence-corrected chi connectivity index (χ1v) is 9.94. The van der Waals surface area contributed by atoms with Crippen LogP contribution in [0.3, 0.4) is 0 Å². The zero-order valence-corrected chi connectivity index (χ0v) is 15.9. The summed E-state index contributed by atoms with van der Waals surface area (Å²) in [6.45, 7) is 5.84. The number of aryl methyl sites for hydroxylation is 3. The van der Waals surface area contributed by atoms with E-state index in [9.17, 15) is 8.42 Å². The molecule has 136 valence electrons. The molecule has 0 bridgehead atoms. The van der Waals surface area contributed by atoms with Gasteiger partial charge in [-0.3, -0.25) is 0 Å². The van der Waals surface area contributed by atoms with Crippen molar-refractivity contribution in [2.45, 2.75) is 32.1 Å². The van der Waals surface area contributed by atoms with Crippen LogP contribution in [-0.2, 0) is 16.4 Å². The maximum atomic E-state index is 12.5. The van der Waals surface area contributed by atoms with Gasteiger partial charge in [0.1, 0.15) is 5.76 Å². The Bertz CT molecular complexity index is 1010.